The number of ketones is 1. The zero-order valence-electron chi connectivity index (χ0n) is 14.9. The number of amides is 3. The number of aromatic amines is 1. The number of imide groups is 1. The van der Waals surface area contributed by atoms with Crippen LogP contribution in [0.25, 0.3) is 0 Å². The Morgan fingerprint density at radius 2 is 1.81 bits per heavy atom. The first-order valence-corrected chi connectivity index (χ1v) is 7.93. The van der Waals surface area contributed by atoms with Gasteiger partial charge in [-0.2, -0.15) is 0 Å². The highest BCUT2D eigenvalue weighted by Gasteiger charge is 2.21. The van der Waals surface area contributed by atoms with Crippen molar-refractivity contribution in [2.75, 3.05) is 11.9 Å². The lowest BCUT2D eigenvalue weighted by Crippen LogP contribution is -2.37. The summed E-state index contributed by atoms with van der Waals surface area (Å²) in [5, 5.41) is 4.08. The topological polar surface area (TPSA) is 117 Å². The molecule has 0 bridgehead atoms. The van der Waals surface area contributed by atoms with Crippen molar-refractivity contribution < 1.29 is 28.3 Å². The number of H-pyrrole nitrogens is 1. The number of aryl methyl sites for hydroxylation is 1. The van der Waals surface area contributed by atoms with Crippen LogP contribution in [0.1, 0.15) is 39.0 Å². The lowest BCUT2D eigenvalue weighted by atomic mass is 10.1. The van der Waals surface area contributed by atoms with Gasteiger partial charge in [0.2, 0.25) is 0 Å². The fourth-order valence-corrected chi connectivity index (χ4v) is 2.56. The van der Waals surface area contributed by atoms with Crippen molar-refractivity contribution in [3.05, 3.63) is 52.6 Å². The minimum atomic E-state index is -0.966. The van der Waals surface area contributed by atoms with Crippen LogP contribution in [0.3, 0.4) is 0 Å². The van der Waals surface area contributed by atoms with E-state index in [0.717, 1.165) is 6.07 Å². The van der Waals surface area contributed by atoms with Crippen molar-refractivity contribution in [2.24, 2.45) is 0 Å². The molecule has 9 heteroatoms. The van der Waals surface area contributed by atoms with Crippen molar-refractivity contribution in [3.8, 4) is 0 Å². The third-order valence-corrected chi connectivity index (χ3v) is 3.70. The van der Waals surface area contributed by atoms with E-state index in [1.54, 1.807) is 13.8 Å². The molecule has 8 nitrogen and oxygen atoms in total. The van der Waals surface area contributed by atoms with Crippen LogP contribution in [0.5, 0.6) is 0 Å². The van der Waals surface area contributed by atoms with Crippen molar-refractivity contribution in [1.82, 2.24) is 10.3 Å². The lowest BCUT2D eigenvalue weighted by Gasteiger charge is -2.08. The van der Waals surface area contributed by atoms with Gasteiger partial charge in [0, 0.05) is 11.3 Å². The second kappa shape index (κ2) is 8.26. The van der Waals surface area contributed by atoms with Gasteiger partial charge in [0.05, 0.1) is 5.69 Å². The minimum Gasteiger partial charge on any atom is -0.451 e. The molecule has 0 saturated heterocycles. The number of carbonyl (C=O) groups excluding carboxylic acids is 4. The second-order valence-electron chi connectivity index (χ2n) is 5.74. The highest BCUT2D eigenvalue weighted by molar-refractivity contribution is 6.03. The van der Waals surface area contributed by atoms with Gasteiger partial charge >= 0.3 is 12.0 Å². The molecule has 0 atom stereocenters. The third-order valence-electron chi connectivity index (χ3n) is 3.70. The number of benzene rings is 1. The minimum absolute atomic E-state index is 0.0568. The molecule has 0 aliphatic heterocycles. The molecule has 3 amide bonds. The highest BCUT2D eigenvalue weighted by atomic mass is 19.1. The average Bonchev–Trinajstić information content (AvgIpc) is 2.89. The molecule has 0 aliphatic carbocycles. The van der Waals surface area contributed by atoms with Gasteiger partial charge in [-0.1, -0.05) is 12.1 Å². The number of carbonyl (C=O) groups is 4. The smallest absolute Gasteiger partial charge is 0.355 e. The first-order chi connectivity index (χ1) is 12.7. The molecule has 2 rings (SSSR count). The van der Waals surface area contributed by atoms with Crippen LogP contribution in [0.2, 0.25) is 0 Å². The number of nitrogens with one attached hydrogen (secondary N) is 3. The summed E-state index contributed by atoms with van der Waals surface area (Å²) in [6.45, 7) is 3.87. The zero-order chi connectivity index (χ0) is 20.1. The third kappa shape index (κ3) is 4.78. The Morgan fingerprint density at radius 1 is 1.15 bits per heavy atom. The van der Waals surface area contributed by atoms with E-state index in [1.807, 2.05) is 5.32 Å². The summed E-state index contributed by atoms with van der Waals surface area (Å²) in [4.78, 5) is 49.8. The van der Waals surface area contributed by atoms with Crippen LogP contribution in [0.15, 0.2) is 24.3 Å². The molecule has 1 heterocycles. The summed E-state index contributed by atoms with van der Waals surface area (Å²) in [5.41, 5.74) is 1.27. The maximum absolute atomic E-state index is 13.4. The second-order valence-corrected chi connectivity index (χ2v) is 5.74. The van der Waals surface area contributed by atoms with E-state index in [9.17, 15) is 23.6 Å². The van der Waals surface area contributed by atoms with Crippen LogP contribution < -0.4 is 10.6 Å². The molecule has 142 valence electrons. The molecule has 0 spiro atoms. The molecule has 0 fully saturated rings. The fraction of sp³-hybridized carbons (Fsp3) is 0.222. The SMILES string of the molecule is CC(=O)c1c(C)[nH]c(C(=O)OCC(=O)NC(=O)Nc2ccccc2F)c1C. The number of halogens is 1. The normalized spacial score (nSPS) is 10.2. The van der Waals surface area contributed by atoms with Gasteiger partial charge in [-0.15, -0.1) is 0 Å². The molecule has 2 aromatic rings. The van der Waals surface area contributed by atoms with E-state index >= 15 is 0 Å². The Bertz CT molecular complexity index is 920. The van der Waals surface area contributed by atoms with Crippen LogP contribution >= 0.6 is 0 Å². The molecule has 0 unspecified atom stereocenters. The molecule has 1 aromatic carbocycles. The Balaban J connectivity index is 1.91. The number of hydrogen-bond donors (Lipinski definition) is 3. The number of rotatable bonds is 5. The predicted molar refractivity (Wildman–Crippen MR) is 94.1 cm³/mol. The number of Topliss-reactive ketones (excluding diaryl/α,β-unsaturated/α-hetero) is 1. The molecule has 0 saturated carbocycles. The van der Waals surface area contributed by atoms with Crippen LogP contribution in [0.4, 0.5) is 14.9 Å². The Hall–Kier alpha value is -3.49. The van der Waals surface area contributed by atoms with Crippen molar-refractivity contribution in [2.45, 2.75) is 20.8 Å². The number of para-hydroxylation sites is 1. The number of anilines is 1. The number of ether oxygens (including phenoxy) is 1. The summed E-state index contributed by atoms with van der Waals surface area (Å²) < 4.78 is 18.3. The van der Waals surface area contributed by atoms with E-state index in [-0.39, 0.29) is 17.2 Å². The number of urea groups is 1. The first-order valence-electron chi connectivity index (χ1n) is 7.93. The van der Waals surface area contributed by atoms with Gasteiger partial charge < -0.3 is 15.0 Å². The van der Waals surface area contributed by atoms with Crippen LogP contribution in [0, 0.1) is 19.7 Å². The van der Waals surface area contributed by atoms with Crippen molar-refractivity contribution >= 4 is 29.4 Å². The number of hydrogen-bond acceptors (Lipinski definition) is 5. The maximum Gasteiger partial charge on any atom is 0.355 e. The monoisotopic (exact) mass is 375 g/mol. The Kier molecular flexibility index (Phi) is 6.07. The maximum atomic E-state index is 13.4. The predicted octanol–water partition coefficient (Wildman–Crippen LogP) is 2.48. The first kappa shape index (κ1) is 19.8. The Labute approximate surface area is 154 Å². The summed E-state index contributed by atoms with van der Waals surface area (Å²) >= 11 is 0. The zero-order valence-corrected chi connectivity index (χ0v) is 14.9. The molecule has 27 heavy (non-hydrogen) atoms. The van der Waals surface area contributed by atoms with Gasteiger partial charge in [-0.3, -0.25) is 14.9 Å². The van der Waals surface area contributed by atoms with Crippen molar-refractivity contribution in [3.63, 3.8) is 0 Å². The van der Waals surface area contributed by atoms with Gasteiger partial charge in [0.25, 0.3) is 5.91 Å². The summed E-state index contributed by atoms with van der Waals surface area (Å²) in [6.07, 6.45) is 0. The standard InChI is InChI=1S/C18H18FN3O5/c1-9-15(11(3)23)10(2)20-16(9)17(25)27-8-14(24)22-18(26)21-13-7-5-4-6-12(13)19/h4-7,20H,8H2,1-3H3,(H2,21,22,24,26). The van der Waals surface area contributed by atoms with E-state index in [0.29, 0.717) is 16.8 Å². The molecule has 1 aromatic heterocycles. The van der Waals surface area contributed by atoms with E-state index < -0.39 is 30.3 Å². The quantitative estimate of drug-likeness (QED) is 0.548. The van der Waals surface area contributed by atoms with Crippen LogP contribution in [-0.4, -0.2) is 35.3 Å². The number of aromatic nitrogens is 1. The van der Waals surface area contributed by atoms with E-state index in [2.05, 4.69) is 10.3 Å². The van der Waals surface area contributed by atoms with Gasteiger partial charge in [-0.25, -0.2) is 14.0 Å². The van der Waals surface area contributed by atoms with Crippen LogP contribution in [-0.2, 0) is 9.53 Å². The number of esters is 1. The Morgan fingerprint density at radius 3 is 2.41 bits per heavy atom. The summed E-state index contributed by atoms with van der Waals surface area (Å²) in [5.74, 6) is -2.61. The van der Waals surface area contributed by atoms with E-state index in [4.69, 9.17) is 4.74 Å². The van der Waals surface area contributed by atoms with Gasteiger partial charge in [0.15, 0.2) is 12.4 Å². The average molecular weight is 375 g/mol. The molecular formula is C18H18FN3O5. The highest BCUT2D eigenvalue weighted by Crippen LogP contribution is 2.19. The van der Waals surface area contributed by atoms with Gasteiger partial charge in [0.1, 0.15) is 11.5 Å². The fourth-order valence-electron chi connectivity index (χ4n) is 2.56. The van der Waals surface area contributed by atoms with E-state index in [1.165, 1.54) is 25.1 Å². The largest absolute Gasteiger partial charge is 0.451 e. The molecular weight excluding hydrogens is 357 g/mol. The lowest BCUT2D eigenvalue weighted by molar-refractivity contribution is -0.123. The van der Waals surface area contributed by atoms with Gasteiger partial charge in [-0.05, 0) is 38.5 Å². The molecule has 0 radical (unpaired) electrons. The molecule has 0 aliphatic rings. The summed E-state index contributed by atoms with van der Waals surface area (Å²) in [6, 6.07) is 4.47. The summed E-state index contributed by atoms with van der Waals surface area (Å²) in [7, 11) is 0. The van der Waals surface area contributed by atoms with Crippen molar-refractivity contribution in [1.29, 1.82) is 0 Å². The molecule has 3 N–H and O–H groups in total.